The summed E-state index contributed by atoms with van der Waals surface area (Å²) in [4.78, 5) is 16.2. The van der Waals surface area contributed by atoms with Crippen LogP contribution < -0.4 is 0 Å². The van der Waals surface area contributed by atoms with E-state index in [1.54, 1.807) is 0 Å². The smallest absolute Gasteiger partial charge is 0.328 e. The van der Waals surface area contributed by atoms with Gasteiger partial charge >= 0.3 is 5.97 Å². The van der Waals surface area contributed by atoms with E-state index in [4.69, 9.17) is 9.84 Å². The summed E-state index contributed by atoms with van der Waals surface area (Å²) in [6, 6.07) is 8.78. The molecular formula is C25H24F2N2O4. The highest BCUT2D eigenvalue weighted by Crippen LogP contribution is 2.44. The van der Waals surface area contributed by atoms with Crippen molar-refractivity contribution in [3.63, 3.8) is 0 Å². The van der Waals surface area contributed by atoms with E-state index >= 15 is 8.78 Å². The fourth-order valence-corrected chi connectivity index (χ4v) is 5.22. The number of carboxylic acids is 1. The lowest BCUT2D eigenvalue weighted by Crippen LogP contribution is -2.52. The lowest BCUT2D eigenvalue weighted by atomic mass is 9.86. The van der Waals surface area contributed by atoms with Crippen molar-refractivity contribution in [1.29, 1.82) is 0 Å². The highest BCUT2D eigenvalue weighted by Gasteiger charge is 2.44. The van der Waals surface area contributed by atoms with Crippen molar-refractivity contribution in [2.45, 2.75) is 31.0 Å². The van der Waals surface area contributed by atoms with Crippen molar-refractivity contribution in [2.75, 3.05) is 19.8 Å². The number of H-pyrrole nitrogens is 1. The van der Waals surface area contributed by atoms with Gasteiger partial charge in [-0.05, 0) is 48.2 Å². The number of hydrogen-bond acceptors (Lipinski definition) is 4. The van der Waals surface area contributed by atoms with Gasteiger partial charge in [-0.15, -0.1) is 0 Å². The van der Waals surface area contributed by atoms with Gasteiger partial charge in [0.15, 0.2) is 0 Å². The predicted molar refractivity (Wildman–Crippen MR) is 119 cm³/mol. The summed E-state index contributed by atoms with van der Waals surface area (Å²) < 4.78 is 36.6. The van der Waals surface area contributed by atoms with Gasteiger partial charge in [-0.3, -0.25) is 4.90 Å². The van der Waals surface area contributed by atoms with E-state index in [0.717, 1.165) is 40.8 Å². The van der Waals surface area contributed by atoms with Crippen LogP contribution in [0.5, 0.6) is 0 Å². The molecule has 0 spiro atoms. The second kappa shape index (κ2) is 8.70. The van der Waals surface area contributed by atoms with Crippen LogP contribution in [-0.2, 0) is 16.0 Å². The van der Waals surface area contributed by atoms with Gasteiger partial charge in [0, 0.05) is 46.9 Å². The van der Waals surface area contributed by atoms with Crippen LogP contribution in [0, 0.1) is 11.6 Å². The summed E-state index contributed by atoms with van der Waals surface area (Å²) in [5.74, 6) is -2.73. The average molecular weight is 454 g/mol. The lowest BCUT2D eigenvalue weighted by molar-refractivity contribution is -0.131. The number of benzene rings is 2. The van der Waals surface area contributed by atoms with Crippen LogP contribution in [0.1, 0.15) is 34.8 Å². The summed E-state index contributed by atoms with van der Waals surface area (Å²) in [5, 5.41) is 20.1. The average Bonchev–Trinajstić information content (AvgIpc) is 3.44. The third-order valence-corrected chi connectivity index (χ3v) is 6.61. The second-order valence-corrected chi connectivity index (χ2v) is 8.54. The van der Waals surface area contributed by atoms with Crippen molar-refractivity contribution in [3.05, 3.63) is 76.5 Å². The molecule has 1 unspecified atom stereocenters. The molecule has 0 saturated carbocycles. The van der Waals surface area contributed by atoms with Crippen LogP contribution in [0.25, 0.3) is 17.0 Å². The van der Waals surface area contributed by atoms with Crippen LogP contribution in [-0.4, -0.2) is 58.0 Å². The van der Waals surface area contributed by atoms with E-state index in [2.05, 4.69) is 4.98 Å². The first-order valence-corrected chi connectivity index (χ1v) is 10.9. The van der Waals surface area contributed by atoms with Gasteiger partial charge in [0.2, 0.25) is 0 Å². The molecule has 3 aromatic rings. The van der Waals surface area contributed by atoms with Gasteiger partial charge < -0.3 is 19.9 Å². The van der Waals surface area contributed by atoms with Crippen molar-refractivity contribution < 1.29 is 28.5 Å². The number of carbonyl (C=O) groups is 1. The molecule has 3 atom stereocenters. The Morgan fingerprint density at radius 1 is 1.24 bits per heavy atom. The van der Waals surface area contributed by atoms with E-state index in [0.29, 0.717) is 31.7 Å². The maximum atomic E-state index is 15.5. The van der Waals surface area contributed by atoms with Crippen molar-refractivity contribution >= 4 is 22.9 Å². The Balaban J connectivity index is 1.71. The number of aliphatic hydroxyl groups excluding tert-OH is 1. The van der Waals surface area contributed by atoms with Crippen LogP contribution in [0.4, 0.5) is 8.78 Å². The second-order valence-electron chi connectivity index (χ2n) is 8.54. The largest absolute Gasteiger partial charge is 0.478 e. The summed E-state index contributed by atoms with van der Waals surface area (Å²) in [7, 11) is 0. The Bertz CT molecular complexity index is 1210. The van der Waals surface area contributed by atoms with Crippen LogP contribution >= 0.6 is 0 Å². The number of hydrogen-bond donors (Lipinski definition) is 3. The number of aliphatic hydroxyl groups is 1. The van der Waals surface area contributed by atoms with Crippen LogP contribution in [0.15, 0.2) is 42.5 Å². The number of nitrogens with one attached hydrogen (secondary N) is 1. The van der Waals surface area contributed by atoms with E-state index in [9.17, 15) is 9.90 Å². The molecule has 1 saturated heterocycles. The fourth-order valence-electron chi connectivity index (χ4n) is 5.22. The number of ether oxygens (including phenoxy) is 1. The highest BCUT2D eigenvalue weighted by molar-refractivity contribution is 5.86. The topological polar surface area (TPSA) is 85.8 Å². The van der Waals surface area contributed by atoms with Crippen LogP contribution in [0.3, 0.4) is 0 Å². The molecule has 0 aliphatic carbocycles. The Kier molecular flexibility index (Phi) is 5.74. The van der Waals surface area contributed by atoms with Gasteiger partial charge in [0.05, 0.1) is 19.3 Å². The van der Waals surface area contributed by atoms with Crippen molar-refractivity contribution in [3.8, 4) is 0 Å². The first kappa shape index (κ1) is 21.8. The minimum absolute atomic E-state index is 0.0999. The number of fused-ring (bicyclic) bond motifs is 3. The maximum absolute atomic E-state index is 15.5. The molecule has 0 amide bonds. The number of halogens is 2. The molecule has 2 aromatic carbocycles. The number of rotatable bonds is 5. The summed E-state index contributed by atoms with van der Waals surface area (Å²) in [6.45, 7) is 0.815. The van der Waals surface area contributed by atoms with E-state index in [-0.39, 0.29) is 29.8 Å². The van der Waals surface area contributed by atoms with Gasteiger partial charge in [0.25, 0.3) is 0 Å². The third-order valence-electron chi connectivity index (χ3n) is 6.61. The first-order valence-electron chi connectivity index (χ1n) is 10.9. The minimum atomic E-state index is -1.20. The number of aromatic nitrogens is 1. The van der Waals surface area contributed by atoms with Gasteiger partial charge in [-0.1, -0.05) is 18.2 Å². The molecule has 0 bridgehead atoms. The Morgan fingerprint density at radius 2 is 2.00 bits per heavy atom. The van der Waals surface area contributed by atoms with Gasteiger partial charge in [-0.2, -0.15) is 0 Å². The molecule has 5 rings (SSSR count). The molecule has 33 heavy (non-hydrogen) atoms. The molecule has 1 fully saturated rings. The van der Waals surface area contributed by atoms with E-state index in [1.807, 2.05) is 29.2 Å². The lowest BCUT2D eigenvalue weighted by Gasteiger charge is -2.44. The summed E-state index contributed by atoms with van der Waals surface area (Å²) in [5.41, 5.74) is 2.52. The SMILES string of the molecule is O=C(O)/C=C/c1cc(F)c([C@@H]2c3[nH]c4ccccc4c3C[C@@H](CO)N2C2CCOC2)c(F)c1. The molecule has 172 valence electrons. The zero-order chi connectivity index (χ0) is 23.1. The Morgan fingerprint density at radius 3 is 2.67 bits per heavy atom. The molecular weight excluding hydrogens is 430 g/mol. The molecule has 3 N–H and O–H groups in total. The molecule has 3 heterocycles. The molecule has 2 aliphatic rings. The standard InChI is InChI=1S/C25H24F2N2O4/c26-19-9-14(5-6-22(31)32)10-20(27)23(19)25-24-18(17-3-1-2-4-21(17)28-24)11-16(12-30)29(25)15-7-8-33-13-15/h1-6,9-10,15-16,25,28,30H,7-8,11-13H2,(H,31,32)/b6-5+/t15?,16-,25+/m0/s1. The van der Waals surface area contributed by atoms with Gasteiger partial charge in [0.1, 0.15) is 11.6 Å². The molecule has 0 radical (unpaired) electrons. The van der Waals surface area contributed by atoms with Gasteiger partial charge in [-0.25, -0.2) is 13.6 Å². The Labute approximate surface area is 189 Å². The van der Waals surface area contributed by atoms with E-state index < -0.39 is 23.6 Å². The number of aliphatic carboxylic acids is 1. The number of aromatic amines is 1. The van der Waals surface area contributed by atoms with E-state index in [1.165, 1.54) is 0 Å². The quantitative estimate of drug-likeness (QED) is 0.513. The normalized spacial score (nSPS) is 23.4. The monoisotopic (exact) mass is 454 g/mol. The highest BCUT2D eigenvalue weighted by atomic mass is 19.1. The zero-order valence-electron chi connectivity index (χ0n) is 17.8. The minimum Gasteiger partial charge on any atom is -0.478 e. The Hall–Kier alpha value is -3.07. The fraction of sp³-hybridized carbons (Fsp3) is 0.320. The molecule has 6 nitrogen and oxygen atoms in total. The maximum Gasteiger partial charge on any atom is 0.328 e. The molecule has 8 heteroatoms. The number of nitrogens with zero attached hydrogens (tertiary/aromatic N) is 1. The molecule has 1 aromatic heterocycles. The van der Waals surface area contributed by atoms with Crippen molar-refractivity contribution in [2.24, 2.45) is 0 Å². The zero-order valence-corrected chi connectivity index (χ0v) is 17.8. The van der Waals surface area contributed by atoms with Crippen LogP contribution in [0.2, 0.25) is 0 Å². The molecule has 2 aliphatic heterocycles. The van der Waals surface area contributed by atoms with Crippen molar-refractivity contribution in [1.82, 2.24) is 9.88 Å². The predicted octanol–water partition coefficient (Wildman–Crippen LogP) is 3.64. The number of carboxylic acid groups (broad SMARTS) is 1. The third kappa shape index (κ3) is 3.84. The summed E-state index contributed by atoms with van der Waals surface area (Å²) in [6.07, 6.45) is 3.25. The number of para-hydroxylation sites is 1. The summed E-state index contributed by atoms with van der Waals surface area (Å²) >= 11 is 0. The first-order chi connectivity index (χ1) is 16.0.